The van der Waals surface area contributed by atoms with Gasteiger partial charge in [-0.25, -0.2) is 0 Å². The molecule has 0 radical (unpaired) electrons. The minimum atomic E-state index is 1.18. The Bertz CT molecular complexity index is 2690. The molecule has 2 nitrogen and oxygen atoms in total. The van der Waals surface area contributed by atoms with Gasteiger partial charge < -0.3 is 8.97 Å². The SMILES string of the molecule is c1ccc(-n2c3ccccc3c3c4c(ccc32)c2c3sc5ccccc5c3ccc2n2cc3ccccc3c42)cc1. The number of nitrogens with zero attached hydrogens (tertiary/aromatic N) is 2. The van der Waals surface area contributed by atoms with Crippen LogP contribution in [0.1, 0.15) is 0 Å². The second kappa shape index (κ2) is 7.75. The minimum Gasteiger partial charge on any atom is -0.315 e. The van der Waals surface area contributed by atoms with Crippen LogP contribution in [0.25, 0.3) is 85.6 Å². The minimum absolute atomic E-state index is 1.18. The molecule has 0 N–H and O–H groups in total. The van der Waals surface area contributed by atoms with Crippen LogP contribution in [0, 0.1) is 0 Å². The number of rotatable bonds is 1. The fourth-order valence-electron chi connectivity index (χ4n) is 7.21. The van der Waals surface area contributed by atoms with Crippen LogP contribution in [0.15, 0.2) is 134 Å². The number of pyridine rings is 1. The van der Waals surface area contributed by atoms with Crippen molar-refractivity contribution in [1.29, 1.82) is 0 Å². The molecule has 0 bridgehead atoms. The van der Waals surface area contributed by atoms with Crippen molar-refractivity contribution in [1.82, 2.24) is 8.97 Å². The van der Waals surface area contributed by atoms with E-state index in [9.17, 15) is 0 Å². The maximum atomic E-state index is 2.46. The van der Waals surface area contributed by atoms with E-state index in [2.05, 4.69) is 143 Å². The Balaban J connectivity index is 1.55. The quantitative estimate of drug-likeness (QED) is 0.184. The van der Waals surface area contributed by atoms with Gasteiger partial charge in [-0.15, -0.1) is 11.3 Å². The first-order valence-electron chi connectivity index (χ1n) is 14.0. The van der Waals surface area contributed by atoms with Gasteiger partial charge in [0.25, 0.3) is 0 Å². The maximum absolute atomic E-state index is 2.46. The molecule has 0 aliphatic heterocycles. The van der Waals surface area contributed by atoms with Crippen LogP contribution >= 0.6 is 11.3 Å². The largest absolute Gasteiger partial charge is 0.315 e. The molecule has 10 rings (SSSR count). The lowest BCUT2D eigenvalue weighted by Gasteiger charge is -2.13. The predicted octanol–water partition coefficient (Wildman–Crippen LogP) is 10.9. The molecule has 3 heteroatoms. The molecule has 6 aromatic carbocycles. The Morgan fingerprint density at radius 3 is 2.05 bits per heavy atom. The highest BCUT2D eigenvalue weighted by Gasteiger charge is 2.21. The van der Waals surface area contributed by atoms with Crippen molar-refractivity contribution in [3.8, 4) is 5.69 Å². The zero-order valence-electron chi connectivity index (χ0n) is 22.0. The zero-order chi connectivity index (χ0) is 26.7. The molecule has 0 spiro atoms. The zero-order valence-corrected chi connectivity index (χ0v) is 22.8. The maximum Gasteiger partial charge on any atom is 0.0620 e. The number of para-hydroxylation sites is 2. The normalized spacial score (nSPS) is 12.4. The Morgan fingerprint density at radius 2 is 1.15 bits per heavy atom. The Hall–Kier alpha value is -5.12. The van der Waals surface area contributed by atoms with Crippen LogP contribution in [0.4, 0.5) is 0 Å². The van der Waals surface area contributed by atoms with Crippen LogP contribution in [0.3, 0.4) is 0 Å². The van der Waals surface area contributed by atoms with Crippen molar-refractivity contribution in [2.45, 2.75) is 0 Å². The summed E-state index contributed by atoms with van der Waals surface area (Å²) in [7, 11) is 0. The molecule has 41 heavy (non-hydrogen) atoms. The summed E-state index contributed by atoms with van der Waals surface area (Å²) in [5, 5.41) is 11.8. The standard InChI is InChI=1S/C38H22N2S/c1-2-11-24(12-3-1)40-30-16-8-6-15-28(30)34-32(40)21-19-29-35-31(20-18-27-26-14-7-9-17-33(26)41-38(27)35)39-22-23-10-4-5-13-25(23)37(39)36(29)34/h1-22H. The summed E-state index contributed by atoms with van der Waals surface area (Å²) in [6, 6.07) is 46.7. The van der Waals surface area contributed by atoms with E-state index in [-0.39, 0.29) is 0 Å². The smallest absolute Gasteiger partial charge is 0.0620 e. The lowest BCUT2D eigenvalue weighted by molar-refractivity contribution is 1.18. The summed E-state index contributed by atoms with van der Waals surface area (Å²) in [4.78, 5) is 0. The number of fused-ring (bicyclic) bond motifs is 16. The van der Waals surface area contributed by atoms with Crippen molar-refractivity contribution in [2.75, 3.05) is 0 Å². The van der Waals surface area contributed by atoms with Gasteiger partial charge in [-0.2, -0.15) is 0 Å². The fourth-order valence-corrected chi connectivity index (χ4v) is 8.47. The molecule has 0 atom stereocenters. The molecule has 0 saturated carbocycles. The van der Waals surface area contributed by atoms with Crippen LogP contribution in [-0.4, -0.2) is 8.97 Å². The number of thiophene rings is 1. The van der Waals surface area contributed by atoms with Crippen LogP contribution < -0.4 is 0 Å². The molecule has 0 aliphatic carbocycles. The number of benzene rings is 6. The van der Waals surface area contributed by atoms with Crippen molar-refractivity contribution in [2.24, 2.45) is 0 Å². The third-order valence-electron chi connectivity index (χ3n) is 8.87. The molecule has 0 saturated heterocycles. The van der Waals surface area contributed by atoms with Gasteiger partial charge in [0.1, 0.15) is 0 Å². The molecule has 4 heterocycles. The van der Waals surface area contributed by atoms with Gasteiger partial charge in [0.15, 0.2) is 0 Å². The second-order valence-corrected chi connectivity index (χ2v) is 12.0. The highest BCUT2D eigenvalue weighted by Crippen LogP contribution is 2.47. The molecule has 190 valence electrons. The van der Waals surface area contributed by atoms with Crippen LogP contribution in [0.5, 0.6) is 0 Å². The van der Waals surface area contributed by atoms with E-state index < -0.39 is 0 Å². The average molecular weight is 539 g/mol. The average Bonchev–Trinajstić information content (AvgIpc) is 3.71. The predicted molar refractivity (Wildman–Crippen MR) is 177 cm³/mol. The summed E-state index contributed by atoms with van der Waals surface area (Å²) >= 11 is 1.91. The van der Waals surface area contributed by atoms with Crippen molar-refractivity contribution < 1.29 is 0 Å². The summed E-state index contributed by atoms with van der Waals surface area (Å²) < 4.78 is 7.58. The van der Waals surface area contributed by atoms with Crippen molar-refractivity contribution in [3.05, 3.63) is 134 Å². The van der Waals surface area contributed by atoms with Gasteiger partial charge in [0, 0.05) is 64.4 Å². The Kier molecular flexibility index (Phi) is 4.10. The molecule has 0 aliphatic rings. The first-order valence-corrected chi connectivity index (χ1v) is 14.9. The third-order valence-corrected chi connectivity index (χ3v) is 10.1. The topological polar surface area (TPSA) is 9.34 Å². The third kappa shape index (κ3) is 2.71. The number of hydrogen-bond donors (Lipinski definition) is 0. The van der Waals surface area contributed by atoms with E-state index in [1.165, 1.54) is 85.6 Å². The van der Waals surface area contributed by atoms with E-state index in [0.29, 0.717) is 0 Å². The monoisotopic (exact) mass is 538 g/mol. The number of hydrogen-bond acceptors (Lipinski definition) is 1. The Morgan fingerprint density at radius 1 is 0.439 bits per heavy atom. The van der Waals surface area contributed by atoms with E-state index in [0.717, 1.165) is 0 Å². The highest BCUT2D eigenvalue weighted by molar-refractivity contribution is 7.26. The van der Waals surface area contributed by atoms with Gasteiger partial charge in [0.2, 0.25) is 0 Å². The van der Waals surface area contributed by atoms with E-state index in [1.54, 1.807) is 0 Å². The molecule has 0 amide bonds. The van der Waals surface area contributed by atoms with E-state index >= 15 is 0 Å². The summed E-state index contributed by atoms with van der Waals surface area (Å²) in [6.07, 6.45) is 2.33. The molecule has 0 fully saturated rings. The first kappa shape index (κ1) is 21.7. The molecule has 4 aromatic heterocycles. The number of aromatic nitrogens is 2. The summed E-state index contributed by atoms with van der Waals surface area (Å²) in [6.45, 7) is 0. The van der Waals surface area contributed by atoms with E-state index in [4.69, 9.17) is 0 Å². The van der Waals surface area contributed by atoms with Crippen molar-refractivity contribution >= 4 is 91.3 Å². The second-order valence-electron chi connectivity index (χ2n) is 10.9. The highest BCUT2D eigenvalue weighted by atomic mass is 32.1. The van der Waals surface area contributed by atoms with Crippen LogP contribution in [0.2, 0.25) is 0 Å². The molecular formula is C38H22N2S. The lowest BCUT2D eigenvalue weighted by atomic mass is 9.97. The van der Waals surface area contributed by atoms with Gasteiger partial charge in [-0.05, 0) is 41.8 Å². The summed E-state index contributed by atoms with van der Waals surface area (Å²) in [5.41, 5.74) is 6.19. The first-order chi connectivity index (χ1) is 20.4. The van der Waals surface area contributed by atoms with Gasteiger partial charge in [-0.1, -0.05) is 91.0 Å². The van der Waals surface area contributed by atoms with Crippen LogP contribution in [-0.2, 0) is 0 Å². The lowest BCUT2D eigenvalue weighted by Crippen LogP contribution is -1.94. The van der Waals surface area contributed by atoms with Gasteiger partial charge in [-0.3, -0.25) is 0 Å². The summed E-state index contributed by atoms with van der Waals surface area (Å²) in [5.74, 6) is 0. The van der Waals surface area contributed by atoms with E-state index in [1.807, 2.05) is 11.3 Å². The fraction of sp³-hybridized carbons (Fsp3) is 0. The van der Waals surface area contributed by atoms with Crippen molar-refractivity contribution in [3.63, 3.8) is 0 Å². The Labute approximate surface area is 238 Å². The van der Waals surface area contributed by atoms with Gasteiger partial charge >= 0.3 is 0 Å². The molecule has 10 aromatic rings. The van der Waals surface area contributed by atoms with Gasteiger partial charge in [0.05, 0.1) is 22.1 Å². The molecule has 0 unspecified atom stereocenters. The molecular weight excluding hydrogens is 516 g/mol.